The van der Waals surface area contributed by atoms with Crippen LogP contribution in [-0.4, -0.2) is 36.2 Å². The molecule has 1 aromatic carbocycles. The van der Waals surface area contributed by atoms with E-state index in [1.165, 1.54) is 43.2 Å². The highest BCUT2D eigenvalue weighted by Gasteiger charge is 2.29. The molecule has 0 radical (unpaired) electrons. The first kappa shape index (κ1) is 16.9. The summed E-state index contributed by atoms with van der Waals surface area (Å²) in [5.74, 6) is 0.719. The van der Waals surface area contributed by atoms with E-state index >= 15 is 0 Å². The van der Waals surface area contributed by atoms with E-state index in [1.807, 2.05) is 0 Å². The Morgan fingerprint density at radius 1 is 1.00 bits per heavy atom. The lowest BCUT2D eigenvalue weighted by Gasteiger charge is -2.31. The maximum atomic E-state index is 11.3. The first-order valence-corrected chi connectivity index (χ1v) is 10.3. The Morgan fingerprint density at radius 3 is 2.35 bits per heavy atom. The summed E-state index contributed by atoms with van der Waals surface area (Å²) < 4.78 is 31.9. The summed E-state index contributed by atoms with van der Waals surface area (Å²) in [6, 6.07) is 8.85. The summed E-state index contributed by atoms with van der Waals surface area (Å²) in [5, 5.41) is -0.627. The Hall–Kier alpha value is -0.910. The van der Waals surface area contributed by atoms with Gasteiger partial charge in [-0.1, -0.05) is 43.5 Å². The fourth-order valence-electron chi connectivity index (χ4n) is 3.99. The zero-order valence-corrected chi connectivity index (χ0v) is 14.5. The average molecular weight is 337 g/mol. The van der Waals surface area contributed by atoms with Crippen LogP contribution in [0.5, 0.6) is 0 Å². The Morgan fingerprint density at radius 2 is 1.70 bits per heavy atom. The smallest absolute Gasteiger partial charge is 0.269 e. The predicted molar refractivity (Wildman–Crippen MR) is 92.1 cm³/mol. The maximum absolute atomic E-state index is 11.3. The fraction of sp³-hybridized carbons (Fsp3) is 0.667. The van der Waals surface area contributed by atoms with E-state index < -0.39 is 15.4 Å². The molecular weight excluding hydrogens is 310 g/mol. The number of hydrogen-bond acceptors (Lipinski definition) is 3. The van der Waals surface area contributed by atoms with Gasteiger partial charge in [-0.25, -0.2) is 0 Å². The van der Waals surface area contributed by atoms with E-state index in [1.54, 1.807) is 0 Å². The summed E-state index contributed by atoms with van der Waals surface area (Å²) in [5.41, 5.74) is 2.67. The van der Waals surface area contributed by atoms with Crippen molar-refractivity contribution in [3.8, 4) is 0 Å². The normalized spacial score (nSPS) is 24.7. The molecule has 1 aliphatic carbocycles. The standard InChI is InChI=1S/C18H27NO3S/c20-23(21,22)18-7-4-12-19(14-18)13-15-8-10-17(11-9-15)16-5-2-1-3-6-16/h8-11,16,18H,1-7,12-14H2,(H,20,21,22). The van der Waals surface area contributed by atoms with E-state index in [2.05, 4.69) is 29.2 Å². The summed E-state index contributed by atoms with van der Waals surface area (Å²) in [4.78, 5) is 2.14. The van der Waals surface area contributed by atoms with Gasteiger partial charge in [0, 0.05) is 13.1 Å². The minimum atomic E-state index is -3.91. The average Bonchev–Trinajstić information content (AvgIpc) is 2.56. The lowest BCUT2D eigenvalue weighted by molar-refractivity contribution is 0.218. The van der Waals surface area contributed by atoms with Crippen LogP contribution < -0.4 is 0 Å². The van der Waals surface area contributed by atoms with Crippen molar-refractivity contribution in [1.82, 2.24) is 4.90 Å². The first-order chi connectivity index (χ1) is 11.0. The van der Waals surface area contributed by atoms with Gasteiger partial charge in [-0.15, -0.1) is 0 Å². The van der Waals surface area contributed by atoms with Crippen LogP contribution in [0.25, 0.3) is 0 Å². The van der Waals surface area contributed by atoms with E-state index in [4.69, 9.17) is 0 Å². The van der Waals surface area contributed by atoms with Crippen LogP contribution in [0.1, 0.15) is 62.0 Å². The van der Waals surface area contributed by atoms with Crippen molar-refractivity contribution >= 4 is 10.1 Å². The minimum Gasteiger partial charge on any atom is -0.298 e. The van der Waals surface area contributed by atoms with Gasteiger partial charge >= 0.3 is 0 Å². The summed E-state index contributed by atoms with van der Waals surface area (Å²) >= 11 is 0. The van der Waals surface area contributed by atoms with Gasteiger partial charge in [0.1, 0.15) is 0 Å². The molecule has 1 unspecified atom stereocenters. The van der Waals surface area contributed by atoms with Crippen molar-refractivity contribution in [3.63, 3.8) is 0 Å². The molecule has 1 atom stereocenters. The quantitative estimate of drug-likeness (QED) is 0.853. The van der Waals surface area contributed by atoms with Crippen molar-refractivity contribution in [2.45, 2.75) is 62.7 Å². The third-order valence-electron chi connectivity index (χ3n) is 5.35. The predicted octanol–water partition coefficient (Wildman–Crippen LogP) is 3.59. The molecule has 1 aliphatic heterocycles. The molecule has 1 saturated carbocycles. The second kappa shape index (κ2) is 7.32. The van der Waals surface area contributed by atoms with Crippen molar-refractivity contribution in [3.05, 3.63) is 35.4 Å². The molecule has 1 N–H and O–H groups in total. The van der Waals surface area contributed by atoms with Crippen LogP contribution in [0.2, 0.25) is 0 Å². The molecule has 2 fully saturated rings. The van der Waals surface area contributed by atoms with Crippen LogP contribution in [0, 0.1) is 0 Å². The SMILES string of the molecule is O=S(=O)(O)C1CCCN(Cc2ccc(C3CCCCC3)cc2)C1. The van der Waals surface area contributed by atoms with E-state index in [-0.39, 0.29) is 0 Å². The van der Waals surface area contributed by atoms with Crippen molar-refractivity contribution in [2.75, 3.05) is 13.1 Å². The number of hydrogen-bond donors (Lipinski definition) is 1. The van der Waals surface area contributed by atoms with Crippen molar-refractivity contribution < 1.29 is 13.0 Å². The molecule has 128 valence electrons. The van der Waals surface area contributed by atoms with Gasteiger partial charge in [-0.05, 0) is 49.3 Å². The van der Waals surface area contributed by atoms with Gasteiger partial charge in [0.25, 0.3) is 10.1 Å². The van der Waals surface area contributed by atoms with Crippen LogP contribution in [0.3, 0.4) is 0 Å². The summed E-state index contributed by atoms with van der Waals surface area (Å²) in [6.45, 7) is 2.09. The second-order valence-corrected chi connectivity index (χ2v) is 8.79. The van der Waals surface area contributed by atoms with Crippen LogP contribution in [0.4, 0.5) is 0 Å². The van der Waals surface area contributed by atoms with Gasteiger partial charge in [0.15, 0.2) is 0 Å². The second-order valence-electron chi connectivity index (χ2n) is 7.09. The molecule has 0 aromatic heterocycles. The zero-order chi connectivity index (χ0) is 16.3. The fourth-order valence-corrected chi connectivity index (χ4v) is 4.85. The van der Waals surface area contributed by atoms with Gasteiger partial charge < -0.3 is 0 Å². The lowest BCUT2D eigenvalue weighted by Crippen LogP contribution is -2.41. The molecule has 0 amide bonds. The molecule has 1 aromatic rings. The molecule has 3 rings (SSSR count). The molecule has 1 heterocycles. The number of rotatable bonds is 4. The van der Waals surface area contributed by atoms with Crippen LogP contribution >= 0.6 is 0 Å². The Bertz CT molecular complexity index is 606. The largest absolute Gasteiger partial charge is 0.298 e. The first-order valence-electron chi connectivity index (χ1n) is 8.80. The highest BCUT2D eigenvalue weighted by molar-refractivity contribution is 7.86. The van der Waals surface area contributed by atoms with Crippen molar-refractivity contribution in [2.24, 2.45) is 0 Å². The monoisotopic (exact) mass is 337 g/mol. The van der Waals surface area contributed by atoms with Gasteiger partial charge in [0.2, 0.25) is 0 Å². The molecule has 0 spiro atoms. The van der Waals surface area contributed by atoms with Crippen molar-refractivity contribution in [1.29, 1.82) is 0 Å². The highest BCUT2D eigenvalue weighted by Crippen LogP contribution is 2.32. The number of nitrogens with zero attached hydrogens (tertiary/aromatic N) is 1. The van der Waals surface area contributed by atoms with Gasteiger partial charge in [-0.3, -0.25) is 9.45 Å². The molecule has 5 heteroatoms. The molecule has 23 heavy (non-hydrogen) atoms. The van der Waals surface area contributed by atoms with E-state index in [9.17, 15) is 13.0 Å². The molecule has 0 bridgehead atoms. The van der Waals surface area contributed by atoms with Gasteiger partial charge in [0.05, 0.1) is 5.25 Å². The Kier molecular flexibility index (Phi) is 5.39. The van der Waals surface area contributed by atoms with Gasteiger partial charge in [-0.2, -0.15) is 8.42 Å². The zero-order valence-electron chi connectivity index (χ0n) is 13.7. The number of piperidine rings is 1. The summed E-state index contributed by atoms with van der Waals surface area (Å²) in [6.07, 6.45) is 8.07. The lowest BCUT2D eigenvalue weighted by atomic mass is 9.84. The third-order valence-corrected chi connectivity index (χ3v) is 6.57. The third kappa shape index (κ3) is 4.55. The Balaban J connectivity index is 1.59. The Labute approximate surface area is 139 Å². The highest BCUT2D eigenvalue weighted by atomic mass is 32.2. The number of benzene rings is 1. The van der Waals surface area contributed by atoms with E-state index in [0.717, 1.165) is 25.4 Å². The molecule has 4 nitrogen and oxygen atoms in total. The molecular formula is C18H27NO3S. The van der Waals surface area contributed by atoms with Crippen LogP contribution in [0.15, 0.2) is 24.3 Å². The topological polar surface area (TPSA) is 57.6 Å². The number of likely N-dealkylation sites (tertiary alicyclic amines) is 1. The maximum Gasteiger partial charge on any atom is 0.269 e. The van der Waals surface area contributed by atoms with E-state index in [0.29, 0.717) is 13.0 Å². The van der Waals surface area contributed by atoms with Crippen LogP contribution in [-0.2, 0) is 16.7 Å². The minimum absolute atomic E-state index is 0.434. The molecule has 2 aliphatic rings. The molecule has 1 saturated heterocycles. The summed E-state index contributed by atoms with van der Waals surface area (Å²) in [7, 11) is -3.91.